The van der Waals surface area contributed by atoms with E-state index in [1.165, 1.54) is 16.9 Å². The number of benzene rings is 2. The number of halogens is 1. The highest BCUT2D eigenvalue weighted by Crippen LogP contribution is 2.35. The molecule has 5 heteroatoms. The molecule has 0 atom stereocenters. The first-order valence-electron chi connectivity index (χ1n) is 8.62. The predicted octanol–water partition coefficient (Wildman–Crippen LogP) is 5.97. The second-order valence-electron chi connectivity index (χ2n) is 6.33. The number of aryl methyl sites for hydroxylation is 2. The van der Waals surface area contributed by atoms with Crippen LogP contribution in [0.25, 0.3) is 10.1 Å². The summed E-state index contributed by atoms with van der Waals surface area (Å²) in [4.78, 5) is 13.0. The van der Waals surface area contributed by atoms with Crippen LogP contribution in [0.15, 0.2) is 47.6 Å². The standard InChI is InChI=1S/C21H21ClN2OS/c1-4-5-15-7-9-16(10-8-15)14(3)23-24-21(25)20-19(22)17-11-6-13(2)12-18(17)26-20/h6-12H,4-5H2,1-3H3,(H,24,25). The van der Waals surface area contributed by atoms with E-state index in [4.69, 9.17) is 11.6 Å². The lowest BCUT2D eigenvalue weighted by Gasteiger charge is -2.04. The van der Waals surface area contributed by atoms with Crippen molar-refractivity contribution in [1.29, 1.82) is 0 Å². The number of nitrogens with one attached hydrogen (secondary N) is 1. The molecular formula is C21H21ClN2OS. The molecule has 0 aliphatic carbocycles. The van der Waals surface area contributed by atoms with E-state index >= 15 is 0 Å². The number of hydrazone groups is 1. The Morgan fingerprint density at radius 3 is 2.62 bits per heavy atom. The maximum Gasteiger partial charge on any atom is 0.283 e. The SMILES string of the molecule is CCCc1ccc(C(C)=NNC(=O)c2sc3cc(C)ccc3c2Cl)cc1. The molecule has 2 aromatic carbocycles. The Labute approximate surface area is 162 Å². The molecule has 0 unspecified atom stereocenters. The van der Waals surface area contributed by atoms with Crippen molar-refractivity contribution in [2.75, 3.05) is 0 Å². The Morgan fingerprint density at radius 2 is 1.92 bits per heavy atom. The van der Waals surface area contributed by atoms with Gasteiger partial charge in [-0.1, -0.05) is 61.3 Å². The Bertz CT molecular complexity index is 974. The zero-order valence-corrected chi connectivity index (χ0v) is 16.7. The second-order valence-corrected chi connectivity index (χ2v) is 7.76. The molecule has 1 N–H and O–H groups in total. The van der Waals surface area contributed by atoms with E-state index in [2.05, 4.69) is 29.6 Å². The summed E-state index contributed by atoms with van der Waals surface area (Å²) in [6.07, 6.45) is 2.19. The zero-order valence-electron chi connectivity index (χ0n) is 15.1. The number of thiophene rings is 1. The quantitative estimate of drug-likeness (QED) is 0.427. The largest absolute Gasteiger partial charge is 0.283 e. The van der Waals surface area contributed by atoms with Gasteiger partial charge >= 0.3 is 0 Å². The van der Waals surface area contributed by atoms with Crippen LogP contribution >= 0.6 is 22.9 Å². The summed E-state index contributed by atoms with van der Waals surface area (Å²) in [5.41, 5.74) is 6.82. The highest BCUT2D eigenvalue weighted by molar-refractivity contribution is 7.21. The third-order valence-corrected chi connectivity index (χ3v) is 5.88. The van der Waals surface area contributed by atoms with E-state index in [1.807, 2.05) is 44.2 Å². The molecule has 26 heavy (non-hydrogen) atoms. The third-order valence-electron chi connectivity index (χ3n) is 4.23. The average molecular weight is 385 g/mol. The van der Waals surface area contributed by atoms with Gasteiger partial charge in [0, 0.05) is 10.1 Å². The fourth-order valence-electron chi connectivity index (χ4n) is 2.77. The van der Waals surface area contributed by atoms with Crippen LogP contribution in [0.5, 0.6) is 0 Å². The molecule has 0 aliphatic heterocycles. The molecule has 0 saturated carbocycles. The smallest absolute Gasteiger partial charge is 0.266 e. The van der Waals surface area contributed by atoms with Gasteiger partial charge in [-0.25, -0.2) is 5.43 Å². The van der Waals surface area contributed by atoms with Gasteiger partial charge in [-0.2, -0.15) is 5.10 Å². The van der Waals surface area contributed by atoms with Crippen LogP contribution in [-0.4, -0.2) is 11.6 Å². The summed E-state index contributed by atoms with van der Waals surface area (Å²) >= 11 is 7.77. The van der Waals surface area contributed by atoms with Crippen molar-refractivity contribution in [3.05, 3.63) is 69.1 Å². The highest BCUT2D eigenvalue weighted by atomic mass is 35.5. The van der Waals surface area contributed by atoms with Gasteiger partial charge in [0.15, 0.2) is 0 Å². The summed E-state index contributed by atoms with van der Waals surface area (Å²) in [7, 11) is 0. The van der Waals surface area contributed by atoms with E-state index < -0.39 is 0 Å². The molecule has 1 aromatic heterocycles. The monoisotopic (exact) mass is 384 g/mol. The van der Waals surface area contributed by atoms with E-state index in [9.17, 15) is 4.79 Å². The van der Waals surface area contributed by atoms with Gasteiger partial charge < -0.3 is 0 Å². The number of hydrogen-bond acceptors (Lipinski definition) is 3. The van der Waals surface area contributed by atoms with Crippen molar-refractivity contribution in [2.24, 2.45) is 5.10 Å². The summed E-state index contributed by atoms with van der Waals surface area (Å²) in [6, 6.07) is 14.3. The molecule has 1 heterocycles. The first-order chi connectivity index (χ1) is 12.5. The first-order valence-corrected chi connectivity index (χ1v) is 9.81. The molecule has 0 bridgehead atoms. The summed E-state index contributed by atoms with van der Waals surface area (Å²) in [5.74, 6) is -0.282. The van der Waals surface area contributed by atoms with E-state index in [0.29, 0.717) is 9.90 Å². The van der Waals surface area contributed by atoms with Crippen LogP contribution < -0.4 is 5.43 Å². The Balaban J connectivity index is 1.77. The zero-order chi connectivity index (χ0) is 18.7. The molecule has 0 spiro atoms. The van der Waals surface area contributed by atoms with Crippen LogP contribution in [0.4, 0.5) is 0 Å². The van der Waals surface area contributed by atoms with Crippen molar-refractivity contribution in [2.45, 2.75) is 33.6 Å². The Morgan fingerprint density at radius 1 is 1.19 bits per heavy atom. The highest BCUT2D eigenvalue weighted by Gasteiger charge is 2.17. The number of hydrogen-bond donors (Lipinski definition) is 1. The molecule has 1 amide bonds. The minimum absolute atomic E-state index is 0.282. The van der Waals surface area contributed by atoms with E-state index in [0.717, 1.165) is 39.8 Å². The third kappa shape index (κ3) is 3.97. The maximum absolute atomic E-state index is 12.5. The van der Waals surface area contributed by atoms with Gasteiger partial charge in [0.1, 0.15) is 4.88 Å². The molecule has 0 fully saturated rings. The Hall–Kier alpha value is -2.17. The molecule has 134 valence electrons. The lowest BCUT2D eigenvalue weighted by atomic mass is 10.1. The minimum atomic E-state index is -0.282. The number of amides is 1. The molecule has 0 radical (unpaired) electrons. The van der Waals surface area contributed by atoms with Crippen molar-refractivity contribution >= 4 is 44.6 Å². The van der Waals surface area contributed by atoms with Crippen molar-refractivity contribution in [3.63, 3.8) is 0 Å². The molecule has 3 nitrogen and oxygen atoms in total. The normalized spacial score (nSPS) is 11.8. The predicted molar refractivity (Wildman–Crippen MR) is 112 cm³/mol. The van der Waals surface area contributed by atoms with Crippen LogP contribution in [0.3, 0.4) is 0 Å². The molecule has 0 saturated heterocycles. The van der Waals surface area contributed by atoms with E-state index in [-0.39, 0.29) is 5.91 Å². The lowest BCUT2D eigenvalue weighted by Crippen LogP contribution is -2.18. The minimum Gasteiger partial charge on any atom is -0.266 e. The molecule has 0 aliphatic rings. The van der Waals surface area contributed by atoms with Crippen LogP contribution in [-0.2, 0) is 6.42 Å². The Kier molecular flexibility index (Phi) is 5.74. The number of nitrogens with zero attached hydrogens (tertiary/aromatic N) is 1. The van der Waals surface area contributed by atoms with E-state index in [1.54, 1.807) is 0 Å². The summed E-state index contributed by atoms with van der Waals surface area (Å²) in [6.45, 7) is 6.06. The van der Waals surface area contributed by atoms with Crippen LogP contribution in [0.2, 0.25) is 5.02 Å². The molecular weight excluding hydrogens is 364 g/mol. The first kappa shape index (κ1) is 18.6. The van der Waals surface area contributed by atoms with Crippen molar-refractivity contribution in [1.82, 2.24) is 5.43 Å². The van der Waals surface area contributed by atoms with Gasteiger partial charge in [-0.3, -0.25) is 4.79 Å². The molecule has 3 rings (SSSR count). The van der Waals surface area contributed by atoms with Crippen LogP contribution in [0.1, 0.15) is 46.6 Å². The van der Waals surface area contributed by atoms with Crippen molar-refractivity contribution < 1.29 is 4.79 Å². The fourth-order valence-corrected chi connectivity index (χ4v) is 4.27. The number of fused-ring (bicyclic) bond motifs is 1. The van der Waals surface area contributed by atoms with Gasteiger partial charge in [-0.05, 0) is 43.0 Å². The molecule has 3 aromatic rings. The van der Waals surface area contributed by atoms with Crippen LogP contribution in [0, 0.1) is 6.92 Å². The van der Waals surface area contributed by atoms with Crippen molar-refractivity contribution in [3.8, 4) is 0 Å². The van der Waals surface area contributed by atoms with Gasteiger partial charge in [0.25, 0.3) is 5.91 Å². The lowest BCUT2D eigenvalue weighted by molar-refractivity contribution is 0.0959. The fraction of sp³-hybridized carbons (Fsp3) is 0.238. The average Bonchev–Trinajstić information content (AvgIpc) is 2.96. The summed E-state index contributed by atoms with van der Waals surface area (Å²) < 4.78 is 1.01. The number of rotatable bonds is 5. The van der Waals surface area contributed by atoms with Gasteiger partial charge in [0.05, 0.1) is 10.7 Å². The number of carbonyl (C=O) groups excluding carboxylic acids is 1. The summed E-state index contributed by atoms with van der Waals surface area (Å²) in [5, 5.41) is 5.63. The topological polar surface area (TPSA) is 41.5 Å². The maximum atomic E-state index is 12.5. The second kappa shape index (κ2) is 8.02. The van der Waals surface area contributed by atoms with Gasteiger partial charge in [0.2, 0.25) is 0 Å². The number of carbonyl (C=O) groups is 1. The van der Waals surface area contributed by atoms with Gasteiger partial charge in [-0.15, -0.1) is 11.3 Å².